The van der Waals surface area contributed by atoms with Crippen molar-refractivity contribution in [3.63, 3.8) is 0 Å². The highest BCUT2D eigenvalue weighted by molar-refractivity contribution is 6.02. The Kier molecular flexibility index (Phi) is 6.89. The Hall–Kier alpha value is -3.84. The molecule has 37 heavy (non-hydrogen) atoms. The lowest BCUT2D eigenvalue weighted by molar-refractivity contribution is -0.118. The number of amides is 2. The van der Waals surface area contributed by atoms with E-state index >= 15 is 0 Å². The maximum Gasteiger partial charge on any atom is 0.251 e. The maximum absolute atomic E-state index is 13.4. The van der Waals surface area contributed by atoms with Crippen molar-refractivity contribution in [3.8, 4) is 22.6 Å². The zero-order valence-corrected chi connectivity index (χ0v) is 21.2. The smallest absolute Gasteiger partial charge is 0.251 e. The topological polar surface area (TPSA) is 96.9 Å². The van der Waals surface area contributed by atoms with Crippen molar-refractivity contribution < 1.29 is 27.0 Å². The van der Waals surface area contributed by atoms with Gasteiger partial charge in [0.1, 0.15) is 0 Å². The van der Waals surface area contributed by atoms with Gasteiger partial charge in [0.05, 0.1) is 18.1 Å². The number of hydrogen-bond donors (Lipinski definition) is 3. The number of carbonyl (C=O) groups is 2. The Morgan fingerprint density at radius 2 is 1.78 bits per heavy atom. The first-order valence-corrected chi connectivity index (χ1v) is 12.8. The average Bonchev–Trinajstić information content (AvgIpc) is 3.60. The third-order valence-corrected chi connectivity index (χ3v) is 7.26. The standard InChI is InChI=1S/C30H32N2O5.2H2/c1-3-4-24(17-33)31-28(34)21-8-6-20(7-9-21)25-16-23(11-5-19(25)2)32-29(35)30(13-14-30)22-10-12-26-27(15-22)37-18-36-26;;/h5-12,15-16,24,33H,3-4,13-14,17-18H2,1-2H3,(H,31,34)(H,32,35);2*1H/t24-;;/m0../s1. The van der Waals surface area contributed by atoms with Crippen molar-refractivity contribution >= 4 is 17.5 Å². The number of aliphatic hydroxyl groups excluding tert-OH is 1. The Bertz CT molecular complexity index is 1330. The lowest BCUT2D eigenvalue weighted by Crippen LogP contribution is -2.37. The first-order chi connectivity index (χ1) is 17.9. The van der Waals surface area contributed by atoms with Gasteiger partial charge in [-0.05, 0) is 84.8 Å². The molecule has 1 atom stereocenters. The molecule has 3 aromatic rings. The van der Waals surface area contributed by atoms with Crippen LogP contribution in [0.5, 0.6) is 11.5 Å². The lowest BCUT2D eigenvalue weighted by atomic mass is 9.94. The lowest BCUT2D eigenvalue weighted by Gasteiger charge is -2.18. The Labute approximate surface area is 219 Å². The normalized spacial score (nSPS) is 15.6. The molecule has 0 aromatic heterocycles. The minimum atomic E-state index is -0.550. The van der Waals surface area contributed by atoms with Gasteiger partial charge in [0.15, 0.2) is 11.5 Å². The van der Waals surface area contributed by atoms with Gasteiger partial charge >= 0.3 is 0 Å². The van der Waals surface area contributed by atoms with Crippen LogP contribution in [0.15, 0.2) is 60.7 Å². The van der Waals surface area contributed by atoms with Gasteiger partial charge in [0.25, 0.3) is 5.91 Å². The second-order valence-electron chi connectivity index (χ2n) is 9.85. The van der Waals surface area contributed by atoms with E-state index in [2.05, 4.69) is 10.6 Å². The van der Waals surface area contributed by atoms with E-state index in [0.29, 0.717) is 17.1 Å². The van der Waals surface area contributed by atoms with Gasteiger partial charge in [0, 0.05) is 14.1 Å². The van der Waals surface area contributed by atoms with Crippen LogP contribution in [0.1, 0.15) is 56.9 Å². The molecule has 1 heterocycles. The highest BCUT2D eigenvalue weighted by Gasteiger charge is 2.51. The first-order valence-electron chi connectivity index (χ1n) is 12.8. The summed E-state index contributed by atoms with van der Waals surface area (Å²) in [5.41, 5.74) is 4.66. The largest absolute Gasteiger partial charge is 0.454 e. The van der Waals surface area contributed by atoms with Crippen molar-refractivity contribution in [2.24, 2.45) is 0 Å². The summed E-state index contributed by atoms with van der Waals surface area (Å²) in [6.07, 6.45) is 3.19. The van der Waals surface area contributed by atoms with Crippen LogP contribution in [0.25, 0.3) is 11.1 Å². The number of ether oxygens (including phenoxy) is 2. The summed E-state index contributed by atoms with van der Waals surface area (Å²) in [4.78, 5) is 25.9. The van der Waals surface area contributed by atoms with Crippen LogP contribution in [-0.4, -0.2) is 36.4 Å². The predicted molar refractivity (Wildman–Crippen MR) is 146 cm³/mol. The second kappa shape index (κ2) is 10.3. The van der Waals surface area contributed by atoms with E-state index in [1.165, 1.54) is 0 Å². The molecule has 0 radical (unpaired) electrons. The number of nitrogens with one attached hydrogen (secondary N) is 2. The molecule has 0 spiro atoms. The number of aliphatic hydroxyl groups is 1. The monoisotopic (exact) mass is 504 g/mol. The fraction of sp³-hybridized carbons (Fsp3) is 0.333. The number of fused-ring (bicyclic) bond motifs is 1. The molecule has 3 aromatic carbocycles. The molecule has 0 bridgehead atoms. The van der Waals surface area contributed by atoms with Crippen molar-refractivity contribution in [1.82, 2.24) is 5.32 Å². The van der Waals surface area contributed by atoms with Crippen molar-refractivity contribution in [2.45, 2.75) is 51.0 Å². The highest BCUT2D eigenvalue weighted by Crippen LogP contribution is 2.51. The minimum Gasteiger partial charge on any atom is -0.454 e. The third-order valence-electron chi connectivity index (χ3n) is 7.26. The van der Waals surface area contributed by atoms with E-state index in [-0.39, 0.29) is 34.1 Å². The molecular weight excluding hydrogens is 468 g/mol. The highest BCUT2D eigenvalue weighted by atomic mass is 16.7. The minimum absolute atomic E-state index is 0. The molecule has 2 aliphatic rings. The molecule has 3 N–H and O–H groups in total. The van der Waals surface area contributed by atoms with Crippen LogP contribution >= 0.6 is 0 Å². The summed E-state index contributed by atoms with van der Waals surface area (Å²) in [6.45, 7) is 4.17. The summed E-state index contributed by atoms with van der Waals surface area (Å²) >= 11 is 0. The number of benzene rings is 3. The molecule has 1 aliphatic heterocycles. The third kappa shape index (κ3) is 5.04. The molecule has 1 saturated carbocycles. The van der Waals surface area contributed by atoms with Gasteiger partial charge in [-0.25, -0.2) is 0 Å². The molecule has 7 nitrogen and oxygen atoms in total. The number of rotatable bonds is 9. The van der Waals surface area contributed by atoms with Crippen LogP contribution in [-0.2, 0) is 10.2 Å². The Morgan fingerprint density at radius 1 is 1.03 bits per heavy atom. The van der Waals surface area contributed by atoms with Crippen LogP contribution in [0, 0.1) is 6.92 Å². The fourth-order valence-corrected chi connectivity index (χ4v) is 4.85. The van der Waals surface area contributed by atoms with Gasteiger partial charge in [-0.15, -0.1) is 0 Å². The first kappa shape index (κ1) is 24.8. The van der Waals surface area contributed by atoms with Gasteiger partial charge in [-0.1, -0.05) is 37.6 Å². The van der Waals surface area contributed by atoms with Gasteiger partial charge < -0.3 is 25.2 Å². The Morgan fingerprint density at radius 3 is 2.49 bits per heavy atom. The zero-order valence-electron chi connectivity index (χ0n) is 21.2. The number of hydrogen-bond acceptors (Lipinski definition) is 5. The molecule has 2 amide bonds. The van der Waals surface area contributed by atoms with E-state index in [1.807, 2.05) is 62.4 Å². The summed E-state index contributed by atoms with van der Waals surface area (Å²) in [5.74, 6) is 1.16. The van der Waals surface area contributed by atoms with Crippen molar-refractivity contribution in [2.75, 3.05) is 18.7 Å². The fourth-order valence-electron chi connectivity index (χ4n) is 4.85. The molecule has 1 fully saturated rings. The van der Waals surface area contributed by atoms with Crippen LogP contribution in [0.4, 0.5) is 5.69 Å². The SMILES string of the molecule is CCC[C@@H](CO)NC(=O)c1ccc(-c2cc(NC(=O)C3(c4ccc5c(c4)OCO5)CC3)ccc2C)cc1.[HH].[HH]. The summed E-state index contributed by atoms with van der Waals surface area (Å²) in [7, 11) is 0. The van der Waals surface area contributed by atoms with Crippen LogP contribution in [0.3, 0.4) is 0 Å². The van der Waals surface area contributed by atoms with E-state index in [9.17, 15) is 14.7 Å². The molecule has 0 saturated heterocycles. The van der Waals surface area contributed by atoms with E-state index < -0.39 is 5.41 Å². The summed E-state index contributed by atoms with van der Waals surface area (Å²) in [5, 5.41) is 15.5. The molecule has 196 valence electrons. The van der Waals surface area contributed by atoms with E-state index in [0.717, 1.165) is 53.6 Å². The van der Waals surface area contributed by atoms with Gasteiger partial charge in [0.2, 0.25) is 12.7 Å². The van der Waals surface area contributed by atoms with Gasteiger partial charge in [-0.2, -0.15) is 0 Å². The number of carbonyl (C=O) groups excluding carboxylic acids is 2. The molecule has 5 rings (SSSR count). The molecule has 7 heteroatoms. The van der Waals surface area contributed by atoms with Crippen molar-refractivity contribution in [3.05, 3.63) is 77.4 Å². The van der Waals surface area contributed by atoms with E-state index in [1.54, 1.807) is 12.1 Å². The summed E-state index contributed by atoms with van der Waals surface area (Å²) < 4.78 is 10.9. The second-order valence-corrected chi connectivity index (χ2v) is 9.85. The quantitative estimate of drug-likeness (QED) is 0.360. The predicted octanol–water partition coefficient (Wildman–Crippen LogP) is 5.44. The summed E-state index contributed by atoms with van der Waals surface area (Å²) in [6, 6.07) is 18.8. The molecular formula is C30H36N2O5. The number of anilines is 1. The zero-order chi connectivity index (χ0) is 26.0. The van der Waals surface area contributed by atoms with Crippen LogP contribution in [0.2, 0.25) is 0 Å². The van der Waals surface area contributed by atoms with Crippen molar-refractivity contribution in [1.29, 1.82) is 0 Å². The van der Waals surface area contributed by atoms with Gasteiger partial charge in [-0.3, -0.25) is 9.59 Å². The maximum atomic E-state index is 13.4. The number of aryl methyl sites for hydroxylation is 1. The average molecular weight is 505 g/mol. The molecule has 0 unspecified atom stereocenters. The van der Waals surface area contributed by atoms with Crippen LogP contribution < -0.4 is 20.1 Å². The van der Waals surface area contributed by atoms with E-state index in [4.69, 9.17) is 9.47 Å². The Balaban J connectivity index is 0.00000210. The molecule has 1 aliphatic carbocycles.